The van der Waals surface area contributed by atoms with E-state index >= 15 is 0 Å². The molecule has 89 heavy (non-hydrogen) atoms. The van der Waals surface area contributed by atoms with E-state index in [0.29, 0.717) is 0 Å². The van der Waals surface area contributed by atoms with Crippen LogP contribution in [0, 0.1) is 0 Å². The summed E-state index contributed by atoms with van der Waals surface area (Å²) in [4.78, 5) is 5.21. The highest BCUT2D eigenvalue weighted by molar-refractivity contribution is 7.00. The maximum Gasteiger partial charge on any atom is 0.252 e. The Kier molecular flexibility index (Phi) is 11.7. The molecule has 414 valence electrons. The summed E-state index contributed by atoms with van der Waals surface area (Å²) in [7, 11) is 0. The molecule has 0 spiro atoms. The van der Waals surface area contributed by atoms with E-state index in [1.807, 2.05) is 0 Å². The van der Waals surface area contributed by atoms with Gasteiger partial charge in [0.05, 0.1) is 39.1 Å². The largest absolute Gasteiger partial charge is 0.311 e. The molecule has 0 atom stereocenters. The Morgan fingerprint density at radius 1 is 0.225 bits per heavy atom. The molecule has 0 radical (unpaired) electrons. The van der Waals surface area contributed by atoms with Crippen molar-refractivity contribution >= 4 is 101 Å². The molecule has 4 heterocycles. The zero-order valence-electron chi connectivity index (χ0n) is 48.6. The van der Waals surface area contributed by atoms with Gasteiger partial charge in [-0.2, -0.15) is 0 Å². The molecule has 16 aromatic rings. The fourth-order valence-corrected chi connectivity index (χ4v) is 14.8. The normalized spacial score (nSPS) is 12.4. The van der Waals surface area contributed by atoms with Crippen LogP contribution in [0.1, 0.15) is 0 Å². The molecule has 4 nitrogen and oxygen atoms in total. The van der Waals surface area contributed by atoms with Gasteiger partial charge in [0.1, 0.15) is 0 Å². The van der Waals surface area contributed by atoms with Crippen molar-refractivity contribution in [2.24, 2.45) is 0 Å². The zero-order valence-corrected chi connectivity index (χ0v) is 48.6. The molecule has 0 saturated carbocycles. The number of hydrogen-bond acceptors (Lipinski definition) is 2. The maximum absolute atomic E-state index is 2.64. The van der Waals surface area contributed by atoms with Crippen LogP contribution in [0.5, 0.6) is 0 Å². The fraction of sp³-hybridized carbons (Fsp3) is 0. The van der Waals surface area contributed by atoms with Gasteiger partial charge < -0.3 is 18.9 Å². The van der Waals surface area contributed by atoms with E-state index in [1.165, 1.54) is 88.1 Å². The highest BCUT2D eigenvalue weighted by Gasteiger charge is 2.45. The van der Waals surface area contributed by atoms with Crippen LogP contribution in [0.15, 0.2) is 334 Å². The minimum atomic E-state index is -0.176. The van der Waals surface area contributed by atoms with Gasteiger partial charge in [0.15, 0.2) is 0 Å². The predicted octanol–water partition coefficient (Wildman–Crippen LogP) is 20.3. The minimum Gasteiger partial charge on any atom is -0.311 e. The van der Waals surface area contributed by atoms with E-state index < -0.39 is 0 Å². The minimum absolute atomic E-state index is 0.176. The van der Waals surface area contributed by atoms with Crippen molar-refractivity contribution in [1.82, 2.24) is 9.13 Å². The second-order valence-electron chi connectivity index (χ2n) is 23.5. The Morgan fingerprint density at radius 2 is 0.629 bits per heavy atom. The lowest BCUT2D eigenvalue weighted by atomic mass is 9.33. The highest BCUT2D eigenvalue weighted by Crippen LogP contribution is 2.51. The second kappa shape index (κ2) is 20.5. The molecule has 5 heteroatoms. The molecule has 0 amide bonds. The van der Waals surface area contributed by atoms with Crippen molar-refractivity contribution < 1.29 is 0 Å². The molecule has 18 rings (SSSR count). The van der Waals surface area contributed by atoms with Gasteiger partial charge >= 0.3 is 0 Å². The monoisotopic (exact) mass is 1130 g/mol. The fourth-order valence-electron chi connectivity index (χ4n) is 14.8. The van der Waals surface area contributed by atoms with Crippen molar-refractivity contribution in [3.8, 4) is 67.0 Å². The van der Waals surface area contributed by atoms with Gasteiger partial charge in [-0.1, -0.05) is 267 Å². The van der Waals surface area contributed by atoms with Crippen LogP contribution < -0.4 is 26.2 Å². The van der Waals surface area contributed by atoms with E-state index in [1.54, 1.807) is 0 Å². The molecule has 14 aromatic carbocycles. The summed E-state index contributed by atoms with van der Waals surface area (Å²) in [5.74, 6) is 0. The van der Waals surface area contributed by atoms with Gasteiger partial charge in [-0.05, 0) is 128 Å². The van der Waals surface area contributed by atoms with Crippen LogP contribution in [0.2, 0.25) is 0 Å². The molecule has 2 aliphatic rings. The molecule has 0 saturated heterocycles. The number of fused-ring (bicyclic) bond motifs is 11. The molecular weight excluding hydrogens is 1080 g/mol. The third-order valence-corrected chi connectivity index (χ3v) is 18.7. The van der Waals surface area contributed by atoms with Gasteiger partial charge in [-0.3, -0.25) is 0 Å². The van der Waals surface area contributed by atoms with Crippen LogP contribution in [0.3, 0.4) is 0 Å². The average Bonchev–Trinajstić information content (AvgIpc) is 1.68. The highest BCUT2D eigenvalue weighted by atomic mass is 15.2. The van der Waals surface area contributed by atoms with Crippen molar-refractivity contribution in [3.05, 3.63) is 334 Å². The number of anilines is 6. The Balaban J connectivity index is 0.992. The topological polar surface area (TPSA) is 16.3 Å². The predicted molar refractivity (Wildman–Crippen MR) is 376 cm³/mol. The zero-order chi connectivity index (χ0) is 58.5. The van der Waals surface area contributed by atoms with Crippen molar-refractivity contribution in [1.29, 1.82) is 0 Å². The Labute approximate surface area is 517 Å². The second-order valence-corrected chi connectivity index (χ2v) is 23.5. The first kappa shape index (κ1) is 50.6. The number of benzene rings is 14. The summed E-state index contributed by atoms with van der Waals surface area (Å²) >= 11 is 0. The number of aromatic nitrogens is 2. The van der Waals surface area contributed by atoms with E-state index in [2.05, 4.69) is 353 Å². The number of hydrogen-bond donors (Lipinski definition) is 0. The van der Waals surface area contributed by atoms with Crippen LogP contribution in [0.4, 0.5) is 34.1 Å². The van der Waals surface area contributed by atoms with Crippen LogP contribution in [-0.4, -0.2) is 15.8 Å². The summed E-state index contributed by atoms with van der Waals surface area (Å²) in [6.45, 7) is -0.176. The quantitative estimate of drug-likeness (QED) is 0.134. The Bertz CT molecular complexity index is 5300. The maximum atomic E-state index is 2.64. The van der Waals surface area contributed by atoms with Crippen molar-refractivity contribution in [3.63, 3.8) is 0 Å². The summed E-state index contributed by atoms with van der Waals surface area (Å²) in [6, 6.07) is 124. The Hall–Kier alpha value is -11.7. The smallest absolute Gasteiger partial charge is 0.252 e. The standard InChI is InChI=1S/C84H55BN4/c1-6-23-56(24-7-1)59-41-46-64(47-42-59)86-78-53-63(58-27-10-3-11-28-58)45-50-72(78)85-73-51-52-77-81(71-35-18-21-40-76(71)89(77)83-67(61-29-12-4-13-30-61)36-22-37-68(83)62-31-14-5-15-32-62)84(73)88(65-48-43-60(44-49-65)57-25-8-2-9-26-57)80-55-66(54-79(86)82(80)85)87-74-38-19-16-33-69(74)70-34-17-20-39-75(70)87/h1-55H. The molecule has 0 N–H and O–H groups in total. The lowest BCUT2D eigenvalue weighted by Crippen LogP contribution is -2.61. The SMILES string of the molecule is c1ccc(-c2ccc(N3c4cc(-c5ccccc5)ccc4B4c5ccc6c(c5N(c5ccc(-c7ccccc7)cc5)c5cc(-n7c8ccccc8c8ccccc87)cc3c54)c3ccccc3n6-c3c(-c4ccccc4)cccc3-c3ccccc3)cc2)cc1. The number of nitrogens with zero attached hydrogens (tertiary/aromatic N) is 4. The van der Waals surface area contributed by atoms with Gasteiger partial charge in [0, 0.05) is 61.1 Å². The molecule has 0 fully saturated rings. The van der Waals surface area contributed by atoms with Crippen molar-refractivity contribution in [2.45, 2.75) is 0 Å². The van der Waals surface area contributed by atoms with E-state index in [9.17, 15) is 0 Å². The lowest BCUT2D eigenvalue weighted by molar-refractivity contribution is 1.16. The van der Waals surface area contributed by atoms with Crippen LogP contribution in [-0.2, 0) is 0 Å². The average molecular weight is 1130 g/mol. The molecule has 2 aromatic heterocycles. The molecule has 0 aliphatic carbocycles. The summed E-state index contributed by atoms with van der Waals surface area (Å²) < 4.78 is 5.08. The molecule has 0 bridgehead atoms. The van der Waals surface area contributed by atoms with Crippen LogP contribution >= 0.6 is 0 Å². The van der Waals surface area contributed by atoms with Crippen molar-refractivity contribution in [2.75, 3.05) is 9.80 Å². The third-order valence-electron chi connectivity index (χ3n) is 18.7. The number of para-hydroxylation sites is 4. The van der Waals surface area contributed by atoms with Gasteiger partial charge in [0.25, 0.3) is 6.71 Å². The van der Waals surface area contributed by atoms with Crippen LogP contribution in [0.25, 0.3) is 111 Å². The van der Waals surface area contributed by atoms with Gasteiger partial charge in [0.2, 0.25) is 0 Å². The lowest BCUT2D eigenvalue weighted by Gasteiger charge is -2.45. The summed E-state index contributed by atoms with van der Waals surface area (Å²) in [6.07, 6.45) is 0. The first-order chi connectivity index (χ1) is 44.2. The molecular formula is C84H55BN4. The third kappa shape index (κ3) is 8.02. The first-order valence-corrected chi connectivity index (χ1v) is 30.8. The summed E-state index contributed by atoms with van der Waals surface area (Å²) in [5.41, 5.74) is 29.0. The molecule has 0 unspecified atom stereocenters. The first-order valence-electron chi connectivity index (χ1n) is 30.8. The Morgan fingerprint density at radius 3 is 1.16 bits per heavy atom. The van der Waals surface area contributed by atoms with E-state index in [-0.39, 0.29) is 6.71 Å². The molecule has 2 aliphatic heterocycles. The van der Waals surface area contributed by atoms with Gasteiger partial charge in [-0.15, -0.1) is 0 Å². The van der Waals surface area contributed by atoms with E-state index in [0.717, 1.165) is 73.0 Å². The van der Waals surface area contributed by atoms with E-state index in [4.69, 9.17) is 0 Å². The van der Waals surface area contributed by atoms with Gasteiger partial charge in [-0.25, -0.2) is 0 Å². The summed E-state index contributed by atoms with van der Waals surface area (Å²) in [5, 5.41) is 4.82. The number of rotatable bonds is 9.